The predicted molar refractivity (Wildman–Crippen MR) is 81.4 cm³/mol. The molecule has 1 aromatic rings. The van der Waals surface area contributed by atoms with Gasteiger partial charge >= 0.3 is 5.97 Å². The first-order chi connectivity index (χ1) is 10.1. The van der Waals surface area contributed by atoms with E-state index in [9.17, 15) is 4.79 Å². The lowest BCUT2D eigenvalue weighted by atomic mass is 10.0. The Bertz CT molecular complexity index is 450. The summed E-state index contributed by atoms with van der Waals surface area (Å²) in [5.41, 5.74) is 0. The van der Waals surface area contributed by atoms with Crippen molar-refractivity contribution in [1.29, 1.82) is 0 Å². The number of carbonyl (C=O) groups is 1. The summed E-state index contributed by atoms with van der Waals surface area (Å²) in [5, 5.41) is 3.60. The van der Waals surface area contributed by atoms with Crippen molar-refractivity contribution in [3.63, 3.8) is 0 Å². The highest BCUT2D eigenvalue weighted by Crippen LogP contribution is 2.20. The van der Waals surface area contributed by atoms with E-state index in [1.165, 1.54) is 20.1 Å². The molecule has 1 N–H and O–H groups in total. The number of rotatable bonds is 6. The quantitative estimate of drug-likeness (QED) is 0.817. The summed E-state index contributed by atoms with van der Waals surface area (Å²) in [5.74, 6) is 0.617. The van der Waals surface area contributed by atoms with Crippen molar-refractivity contribution in [2.75, 3.05) is 26.7 Å². The predicted octanol–water partition coefficient (Wildman–Crippen LogP) is 2.59. The number of hydrogen-bond donors (Lipinski definition) is 1. The molecule has 2 heterocycles. The molecule has 0 saturated carbocycles. The van der Waals surface area contributed by atoms with Gasteiger partial charge in [0.1, 0.15) is 5.76 Å². The second kappa shape index (κ2) is 7.61. The van der Waals surface area contributed by atoms with Gasteiger partial charge in [0.15, 0.2) is 0 Å². The van der Waals surface area contributed by atoms with Crippen LogP contribution in [-0.2, 0) is 4.74 Å². The zero-order valence-electron chi connectivity index (χ0n) is 13.2. The molecule has 1 aliphatic heterocycles. The number of carbonyl (C=O) groups excluding carboxylic acids is 1. The van der Waals surface area contributed by atoms with Gasteiger partial charge in [-0.2, -0.15) is 0 Å². The van der Waals surface area contributed by atoms with Crippen LogP contribution in [0.25, 0.3) is 0 Å². The zero-order valence-corrected chi connectivity index (χ0v) is 13.2. The van der Waals surface area contributed by atoms with Gasteiger partial charge in [0.2, 0.25) is 5.76 Å². The number of nitrogens with zero attached hydrogens (tertiary/aromatic N) is 1. The Balaban J connectivity index is 1.83. The number of piperidine rings is 1. The van der Waals surface area contributed by atoms with Crippen LogP contribution in [0.1, 0.15) is 55.5 Å². The Morgan fingerprint density at radius 1 is 1.48 bits per heavy atom. The lowest BCUT2D eigenvalue weighted by Gasteiger charge is -2.33. The van der Waals surface area contributed by atoms with Crippen LogP contribution < -0.4 is 5.32 Å². The molecule has 0 radical (unpaired) electrons. The third kappa shape index (κ3) is 4.32. The van der Waals surface area contributed by atoms with E-state index < -0.39 is 5.97 Å². The highest BCUT2D eigenvalue weighted by atomic mass is 16.5. The van der Waals surface area contributed by atoms with E-state index in [4.69, 9.17) is 4.42 Å². The van der Waals surface area contributed by atoms with E-state index in [1.54, 1.807) is 6.07 Å². The summed E-state index contributed by atoms with van der Waals surface area (Å²) < 4.78 is 10.2. The highest BCUT2D eigenvalue weighted by Gasteiger charge is 2.22. The summed E-state index contributed by atoms with van der Waals surface area (Å²) >= 11 is 0. The first-order valence-corrected chi connectivity index (χ1v) is 7.80. The third-order valence-corrected chi connectivity index (χ3v) is 4.05. The molecule has 0 bridgehead atoms. The standard InChI is InChI=1S/C16H26N2O3/c1-4-9-18-10-7-13(8-11-18)17-12(2)14-5-6-15(21-14)16(19)20-3/h5-6,12-13,17H,4,7-11H2,1-3H3. The SMILES string of the molecule is CCCN1CCC(NC(C)c2ccc(C(=O)OC)o2)CC1. The van der Waals surface area contributed by atoms with Crippen molar-refractivity contribution in [1.82, 2.24) is 10.2 Å². The van der Waals surface area contributed by atoms with E-state index in [0.717, 1.165) is 31.7 Å². The van der Waals surface area contributed by atoms with E-state index >= 15 is 0 Å². The molecule has 21 heavy (non-hydrogen) atoms. The minimum Gasteiger partial charge on any atom is -0.463 e. The highest BCUT2D eigenvalue weighted by molar-refractivity contribution is 5.86. The zero-order chi connectivity index (χ0) is 15.2. The van der Waals surface area contributed by atoms with Gasteiger partial charge in [0, 0.05) is 6.04 Å². The second-order valence-electron chi connectivity index (χ2n) is 5.70. The summed E-state index contributed by atoms with van der Waals surface area (Å²) in [7, 11) is 1.36. The Kier molecular flexibility index (Phi) is 5.82. The smallest absolute Gasteiger partial charge is 0.373 e. The van der Waals surface area contributed by atoms with Crippen LogP contribution in [0, 0.1) is 0 Å². The maximum atomic E-state index is 11.4. The number of ether oxygens (including phenoxy) is 1. The molecule has 1 aromatic heterocycles. The van der Waals surface area contributed by atoms with E-state index in [0.29, 0.717) is 6.04 Å². The van der Waals surface area contributed by atoms with Crippen molar-refractivity contribution in [3.05, 3.63) is 23.7 Å². The van der Waals surface area contributed by atoms with Gasteiger partial charge in [-0.3, -0.25) is 0 Å². The average molecular weight is 294 g/mol. The molecule has 5 nitrogen and oxygen atoms in total. The lowest BCUT2D eigenvalue weighted by Crippen LogP contribution is -2.43. The van der Waals surface area contributed by atoms with Crippen LogP contribution in [0.5, 0.6) is 0 Å². The number of nitrogens with one attached hydrogen (secondary N) is 1. The fourth-order valence-corrected chi connectivity index (χ4v) is 2.87. The topological polar surface area (TPSA) is 54.7 Å². The molecule has 118 valence electrons. The van der Waals surface area contributed by atoms with Gasteiger partial charge in [-0.05, 0) is 58.0 Å². The van der Waals surface area contributed by atoms with Gasteiger partial charge < -0.3 is 19.4 Å². The molecule has 1 fully saturated rings. The number of esters is 1. The Morgan fingerprint density at radius 2 is 2.19 bits per heavy atom. The van der Waals surface area contributed by atoms with Crippen molar-refractivity contribution < 1.29 is 13.9 Å². The first kappa shape index (κ1) is 16.0. The summed E-state index contributed by atoms with van der Waals surface area (Å²) in [6, 6.07) is 4.13. The Hall–Kier alpha value is -1.33. The molecule has 1 atom stereocenters. The minimum atomic E-state index is -0.429. The van der Waals surface area contributed by atoms with E-state index in [-0.39, 0.29) is 11.8 Å². The van der Waals surface area contributed by atoms with Crippen molar-refractivity contribution in [3.8, 4) is 0 Å². The number of hydrogen-bond acceptors (Lipinski definition) is 5. The number of likely N-dealkylation sites (tertiary alicyclic amines) is 1. The fourth-order valence-electron chi connectivity index (χ4n) is 2.87. The molecular weight excluding hydrogens is 268 g/mol. The van der Waals surface area contributed by atoms with Crippen molar-refractivity contribution in [2.24, 2.45) is 0 Å². The van der Waals surface area contributed by atoms with Gasteiger partial charge in [-0.15, -0.1) is 0 Å². The molecule has 0 aliphatic carbocycles. The van der Waals surface area contributed by atoms with Gasteiger partial charge in [-0.25, -0.2) is 4.79 Å². The average Bonchev–Trinajstić information content (AvgIpc) is 2.99. The van der Waals surface area contributed by atoms with Crippen LogP contribution in [0.4, 0.5) is 0 Å². The molecule has 5 heteroatoms. The fraction of sp³-hybridized carbons (Fsp3) is 0.688. The van der Waals surface area contributed by atoms with Gasteiger partial charge in [0.25, 0.3) is 0 Å². The number of methoxy groups -OCH3 is 1. The minimum absolute atomic E-state index is 0.103. The maximum absolute atomic E-state index is 11.4. The van der Waals surface area contributed by atoms with Crippen LogP contribution in [0.15, 0.2) is 16.5 Å². The third-order valence-electron chi connectivity index (χ3n) is 4.05. The molecular formula is C16H26N2O3. The molecule has 1 saturated heterocycles. The Morgan fingerprint density at radius 3 is 2.81 bits per heavy atom. The number of furan rings is 1. The molecule has 0 amide bonds. The molecule has 1 unspecified atom stereocenters. The Labute approximate surface area is 126 Å². The largest absolute Gasteiger partial charge is 0.463 e. The van der Waals surface area contributed by atoms with Crippen molar-refractivity contribution in [2.45, 2.75) is 45.2 Å². The van der Waals surface area contributed by atoms with Crippen LogP contribution in [-0.4, -0.2) is 43.7 Å². The van der Waals surface area contributed by atoms with Crippen LogP contribution in [0.2, 0.25) is 0 Å². The molecule has 1 aliphatic rings. The molecule has 2 rings (SSSR count). The maximum Gasteiger partial charge on any atom is 0.373 e. The van der Waals surface area contributed by atoms with Crippen LogP contribution in [0.3, 0.4) is 0 Å². The lowest BCUT2D eigenvalue weighted by molar-refractivity contribution is 0.0562. The monoisotopic (exact) mass is 294 g/mol. The van der Waals surface area contributed by atoms with Gasteiger partial charge in [-0.1, -0.05) is 6.92 Å². The first-order valence-electron chi connectivity index (χ1n) is 7.80. The van der Waals surface area contributed by atoms with Gasteiger partial charge in [0.05, 0.1) is 13.2 Å². The van der Waals surface area contributed by atoms with E-state index in [2.05, 4.69) is 28.8 Å². The molecule has 0 aromatic carbocycles. The van der Waals surface area contributed by atoms with Crippen molar-refractivity contribution >= 4 is 5.97 Å². The molecule has 0 spiro atoms. The van der Waals surface area contributed by atoms with Crippen LogP contribution >= 0.6 is 0 Å². The van der Waals surface area contributed by atoms with E-state index in [1.807, 2.05) is 6.07 Å². The second-order valence-corrected chi connectivity index (χ2v) is 5.70. The summed E-state index contributed by atoms with van der Waals surface area (Å²) in [6.45, 7) is 7.80. The summed E-state index contributed by atoms with van der Waals surface area (Å²) in [4.78, 5) is 13.9. The normalized spacial score (nSPS) is 18.6. The summed E-state index contributed by atoms with van der Waals surface area (Å²) in [6.07, 6.45) is 3.54.